The van der Waals surface area contributed by atoms with E-state index in [9.17, 15) is 4.79 Å². The van der Waals surface area contributed by atoms with Crippen molar-refractivity contribution in [3.05, 3.63) is 29.3 Å². The van der Waals surface area contributed by atoms with Gasteiger partial charge < -0.3 is 9.64 Å². The summed E-state index contributed by atoms with van der Waals surface area (Å²) in [5, 5.41) is 0.919. The number of carbonyl (C=O) groups excluding carboxylic acids is 1. The minimum Gasteiger partial charge on any atom is -0.493 e. The van der Waals surface area contributed by atoms with E-state index >= 15 is 0 Å². The number of benzene rings is 1. The van der Waals surface area contributed by atoms with Gasteiger partial charge in [0.05, 0.1) is 6.61 Å². The van der Waals surface area contributed by atoms with Crippen molar-refractivity contribution in [1.29, 1.82) is 0 Å². The second-order valence-corrected chi connectivity index (χ2v) is 4.98. The second kappa shape index (κ2) is 5.54. The third-order valence-electron chi connectivity index (χ3n) is 2.91. The van der Waals surface area contributed by atoms with Gasteiger partial charge in [0.2, 0.25) is 0 Å². The van der Waals surface area contributed by atoms with Crippen molar-refractivity contribution in [1.82, 2.24) is 4.90 Å². The summed E-state index contributed by atoms with van der Waals surface area (Å²) in [6.45, 7) is 1.50. The summed E-state index contributed by atoms with van der Waals surface area (Å²) in [5.74, 6) is 1.00. The maximum absolute atomic E-state index is 12.1. The molecule has 1 aliphatic heterocycles. The third-order valence-corrected chi connectivity index (χ3v) is 3.47. The van der Waals surface area contributed by atoms with Gasteiger partial charge in [0, 0.05) is 30.9 Å². The molecule has 0 atom stereocenters. The highest BCUT2D eigenvalue weighted by molar-refractivity contribution is 9.09. The number of fused-ring (bicyclic) bond motifs is 1. The Kier molecular flexibility index (Phi) is 4.05. The molecule has 2 rings (SSSR count). The smallest absolute Gasteiger partial charge is 0.253 e. The molecule has 1 aromatic rings. The topological polar surface area (TPSA) is 29.5 Å². The molecule has 0 saturated heterocycles. The van der Waals surface area contributed by atoms with E-state index in [1.807, 2.05) is 25.2 Å². The molecule has 1 aromatic carbocycles. The van der Waals surface area contributed by atoms with Gasteiger partial charge in [-0.05, 0) is 30.2 Å². The van der Waals surface area contributed by atoms with Crippen molar-refractivity contribution in [2.24, 2.45) is 0 Å². The van der Waals surface area contributed by atoms with Gasteiger partial charge >= 0.3 is 0 Å². The number of rotatable bonds is 4. The molecule has 4 heteroatoms. The summed E-state index contributed by atoms with van der Waals surface area (Å²) in [4.78, 5) is 13.9. The standard InChI is InChI=1S/C13H16BrNO2/c1-15(7-2-6-14)13(16)11-3-4-12-10(9-11)5-8-17-12/h3-4,9H,2,5-8H2,1H3. The Balaban J connectivity index is 2.09. The molecule has 0 bridgehead atoms. The number of nitrogens with zero attached hydrogens (tertiary/aromatic N) is 1. The third kappa shape index (κ3) is 2.80. The lowest BCUT2D eigenvalue weighted by Crippen LogP contribution is -2.27. The lowest BCUT2D eigenvalue weighted by atomic mass is 10.1. The van der Waals surface area contributed by atoms with Gasteiger partial charge in [-0.25, -0.2) is 0 Å². The van der Waals surface area contributed by atoms with Crippen LogP contribution in [0.3, 0.4) is 0 Å². The SMILES string of the molecule is CN(CCCBr)C(=O)c1ccc2c(c1)CCO2. The zero-order valence-electron chi connectivity index (χ0n) is 9.91. The van der Waals surface area contributed by atoms with E-state index in [0.29, 0.717) is 0 Å². The van der Waals surface area contributed by atoms with E-state index in [-0.39, 0.29) is 5.91 Å². The first-order chi connectivity index (χ1) is 8.22. The van der Waals surface area contributed by atoms with Crippen LogP contribution >= 0.6 is 15.9 Å². The summed E-state index contributed by atoms with van der Waals surface area (Å²) in [6.07, 6.45) is 1.87. The minimum absolute atomic E-state index is 0.0839. The van der Waals surface area contributed by atoms with E-state index in [1.165, 1.54) is 0 Å². The molecule has 1 aliphatic rings. The Morgan fingerprint density at radius 2 is 2.35 bits per heavy atom. The van der Waals surface area contributed by atoms with Crippen molar-refractivity contribution < 1.29 is 9.53 Å². The second-order valence-electron chi connectivity index (χ2n) is 4.19. The number of halogens is 1. The van der Waals surface area contributed by atoms with Gasteiger partial charge in [0.1, 0.15) is 5.75 Å². The average molecular weight is 298 g/mol. The fourth-order valence-corrected chi connectivity index (χ4v) is 2.19. The highest BCUT2D eigenvalue weighted by Gasteiger charge is 2.16. The minimum atomic E-state index is 0.0839. The van der Waals surface area contributed by atoms with Crippen molar-refractivity contribution in [3.8, 4) is 5.75 Å². The van der Waals surface area contributed by atoms with E-state index in [1.54, 1.807) is 4.90 Å². The number of ether oxygens (including phenoxy) is 1. The van der Waals surface area contributed by atoms with Gasteiger partial charge in [0.15, 0.2) is 0 Å². The predicted molar refractivity (Wildman–Crippen MR) is 71.0 cm³/mol. The highest BCUT2D eigenvalue weighted by atomic mass is 79.9. The lowest BCUT2D eigenvalue weighted by molar-refractivity contribution is 0.0795. The monoisotopic (exact) mass is 297 g/mol. The van der Waals surface area contributed by atoms with Crippen LogP contribution in [-0.2, 0) is 6.42 Å². The van der Waals surface area contributed by atoms with E-state index in [2.05, 4.69) is 15.9 Å². The van der Waals surface area contributed by atoms with Crippen LogP contribution in [-0.4, -0.2) is 36.3 Å². The Bertz CT molecular complexity index is 420. The molecule has 1 heterocycles. The molecule has 0 spiro atoms. The molecular formula is C13H16BrNO2. The first-order valence-electron chi connectivity index (χ1n) is 5.79. The number of hydrogen-bond donors (Lipinski definition) is 0. The largest absolute Gasteiger partial charge is 0.493 e. The number of hydrogen-bond acceptors (Lipinski definition) is 2. The summed E-state index contributed by atoms with van der Waals surface area (Å²) in [7, 11) is 1.84. The van der Waals surface area contributed by atoms with E-state index in [4.69, 9.17) is 4.74 Å². The fourth-order valence-electron chi connectivity index (χ4n) is 1.94. The van der Waals surface area contributed by atoms with Crippen molar-refractivity contribution >= 4 is 21.8 Å². The van der Waals surface area contributed by atoms with Crippen LogP contribution in [0.1, 0.15) is 22.3 Å². The Labute approximate surface area is 110 Å². The summed E-state index contributed by atoms with van der Waals surface area (Å²) in [6, 6.07) is 5.69. The lowest BCUT2D eigenvalue weighted by Gasteiger charge is -2.16. The van der Waals surface area contributed by atoms with Crippen molar-refractivity contribution in [2.75, 3.05) is 25.5 Å². The summed E-state index contributed by atoms with van der Waals surface area (Å²) in [5.41, 5.74) is 1.90. The van der Waals surface area contributed by atoms with Gasteiger partial charge in [-0.1, -0.05) is 15.9 Å². The molecule has 3 nitrogen and oxygen atoms in total. The molecule has 92 valence electrons. The number of alkyl halides is 1. The first-order valence-corrected chi connectivity index (χ1v) is 6.91. The van der Waals surface area contributed by atoms with Crippen LogP contribution in [0.5, 0.6) is 5.75 Å². The first kappa shape index (κ1) is 12.4. The molecule has 0 N–H and O–H groups in total. The molecule has 0 saturated carbocycles. The fraction of sp³-hybridized carbons (Fsp3) is 0.462. The molecule has 0 aromatic heterocycles. The summed E-state index contributed by atoms with van der Waals surface area (Å²) >= 11 is 3.37. The van der Waals surface area contributed by atoms with Crippen LogP contribution in [0.2, 0.25) is 0 Å². The molecule has 0 unspecified atom stereocenters. The Hall–Kier alpha value is -1.03. The maximum Gasteiger partial charge on any atom is 0.253 e. The van der Waals surface area contributed by atoms with Crippen molar-refractivity contribution in [2.45, 2.75) is 12.8 Å². The zero-order chi connectivity index (χ0) is 12.3. The predicted octanol–water partition coefficient (Wildman–Crippen LogP) is 2.48. The quantitative estimate of drug-likeness (QED) is 0.799. The molecule has 17 heavy (non-hydrogen) atoms. The number of amides is 1. The molecule has 0 aliphatic carbocycles. The average Bonchev–Trinajstić information content (AvgIpc) is 2.81. The molecule has 1 amide bonds. The van der Waals surface area contributed by atoms with Crippen LogP contribution < -0.4 is 4.74 Å². The number of carbonyl (C=O) groups is 1. The van der Waals surface area contributed by atoms with Crippen LogP contribution in [0.4, 0.5) is 0 Å². The van der Waals surface area contributed by atoms with Crippen LogP contribution in [0.15, 0.2) is 18.2 Å². The van der Waals surface area contributed by atoms with Gasteiger partial charge in [-0.3, -0.25) is 4.79 Å². The normalized spacial score (nSPS) is 13.1. The molecular weight excluding hydrogens is 282 g/mol. The van der Waals surface area contributed by atoms with Crippen LogP contribution in [0, 0.1) is 0 Å². The highest BCUT2D eigenvalue weighted by Crippen LogP contribution is 2.26. The maximum atomic E-state index is 12.1. The van der Waals surface area contributed by atoms with Gasteiger partial charge in [-0.15, -0.1) is 0 Å². The molecule has 0 fully saturated rings. The zero-order valence-corrected chi connectivity index (χ0v) is 11.5. The Morgan fingerprint density at radius 3 is 3.12 bits per heavy atom. The van der Waals surface area contributed by atoms with Crippen molar-refractivity contribution in [3.63, 3.8) is 0 Å². The Morgan fingerprint density at radius 1 is 1.53 bits per heavy atom. The van der Waals surface area contributed by atoms with Crippen LogP contribution in [0.25, 0.3) is 0 Å². The van der Waals surface area contributed by atoms with Gasteiger partial charge in [-0.2, -0.15) is 0 Å². The van der Waals surface area contributed by atoms with E-state index in [0.717, 1.165) is 48.2 Å². The molecule has 0 radical (unpaired) electrons. The van der Waals surface area contributed by atoms with Gasteiger partial charge in [0.25, 0.3) is 5.91 Å². The van der Waals surface area contributed by atoms with E-state index < -0.39 is 0 Å². The summed E-state index contributed by atoms with van der Waals surface area (Å²) < 4.78 is 5.43.